The van der Waals surface area contributed by atoms with Crippen LogP contribution in [0.25, 0.3) is 16.9 Å². The van der Waals surface area contributed by atoms with Crippen LogP contribution >= 0.6 is 0 Å². The van der Waals surface area contributed by atoms with Gasteiger partial charge in [0.2, 0.25) is 0 Å². The third kappa shape index (κ3) is 4.43. The third-order valence-electron chi connectivity index (χ3n) is 4.89. The van der Waals surface area contributed by atoms with Crippen molar-refractivity contribution in [3.63, 3.8) is 0 Å². The molecular formula is C24H23N5O. The van der Waals surface area contributed by atoms with Gasteiger partial charge in [-0.25, -0.2) is 9.67 Å². The van der Waals surface area contributed by atoms with Crippen molar-refractivity contribution in [1.29, 1.82) is 0 Å². The molecule has 0 aliphatic carbocycles. The average molecular weight is 397 g/mol. The molecule has 0 saturated carbocycles. The normalized spacial score (nSPS) is 11.8. The molecule has 1 aromatic carbocycles. The first-order chi connectivity index (χ1) is 14.8. The van der Waals surface area contributed by atoms with Crippen LogP contribution in [0, 0.1) is 0 Å². The lowest BCUT2D eigenvalue weighted by molar-refractivity contribution is 0.112. The number of hydrogen-bond acceptors (Lipinski definition) is 5. The van der Waals surface area contributed by atoms with E-state index in [0.717, 1.165) is 47.5 Å². The first kappa shape index (κ1) is 19.5. The Morgan fingerprint density at radius 2 is 1.83 bits per heavy atom. The lowest BCUT2D eigenvalue weighted by Crippen LogP contribution is -2.12. The topological polar surface area (TPSA) is 72.7 Å². The fraction of sp³-hybridized carbons (Fsp3) is 0.167. The van der Waals surface area contributed by atoms with E-state index in [1.165, 1.54) is 0 Å². The molecule has 0 fully saturated rings. The molecule has 6 heteroatoms. The summed E-state index contributed by atoms with van der Waals surface area (Å²) in [6, 6.07) is 17.8. The van der Waals surface area contributed by atoms with Crippen molar-refractivity contribution in [3.05, 3.63) is 90.6 Å². The molecule has 0 saturated heterocycles. The summed E-state index contributed by atoms with van der Waals surface area (Å²) in [6.07, 6.45) is 9.97. The van der Waals surface area contributed by atoms with E-state index >= 15 is 0 Å². The summed E-state index contributed by atoms with van der Waals surface area (Å²) >= 11 is 0. The molecule has 1 unspecified atom stereocenters. The van der Waals surface area contributed by atoms with Gasteiger partial charge in [-0.15, -0.1) is 0 Å². The van der Waals surface area contributed by atoms with Crippen molar-refractivity contribution in [2.24, 2.45) is 0 Å². The fourth-order valence-electron chi connectivity index (χ4n) is 3.31. The fourth-order valence-corrected chi connectivity index (χ4v) is 3.31. The van der Waals surface area contributed by atoms with Crippen LogP contribution in [0.2, 0.25) is 0 Å². The van der Waals surface area contributed by atoms with E-state index in [4.69, 9.17) is 0 Å². The van der Waals surface area contributed by atoms with E-state index in [9.17, 15) is 4.79 Å². The number of carbonyl (C=O) groups is 1. The molecule has 0 aliphatic heterocycles. The lowest BCUT2D eigenvalue weighted by atomic mass is 10.1. The Morgan fingerprint density at radius 1 is 0.967 bits per heavy atom. The third-order valence-corrected chi connectivity index (χ3v) is 4.89. The minimum atomic E-state index is 0.0535. The highest BCUT2D eigenvalue weighted by Gasteiger charge is 2.13. The predicted octanol–water partition coefficient (Wildman–Crippen LogP) is 5.10. The Kier molecular flexibility index (Phi) is 5.94. The molecule has 6 nitrogen and oxygen atoms in total. The van der Waals surface area contributed by atoms with Crippen LogP contribution in [0.15, 0.2) is 79.4 Å². The van der Waals surface area contributed by atoms with Gasteiger partial charge < -0.3 is 5.32 Å². The van der Waals surface area contributed by atoms with Crippen molar-refractivity contribution in [2.45, 2.75) is 25.8 Å². The maximum absolute atomic E-state index is 10.9. The molecule has 0 spiro atoms. The number of nitrogens with one attached hydrogen (secondary N) is 1. The van der Waals surface area contributed by atoms with E-state index in [1.807, 2.05) is 55.0 Å². The molecule has 0 bridgehead atoms. The Balaban J connectivity index is 1.49. The van der Waals surface area contributed by atoms with Gasteiger partial charge in [-0.1, -0.05) is 43.7 Å². The SMILES string of the molecule is CCCC(Nc1ccc(-n2cc(-c3ccccc3)cn2)nc1)c1ccc(C=O)cn1. The van der Waals surface area contributed by atoms with Crippen LogP contribution in [0.5, 0.6) is 0 Å². The van der Waals surface area contributed by atoms with Crippen LogP contribution in [0.3, 0.4) is 0 Å². The van der Waals surface area contributed by atoms with Crippen LogP contribution in [-0.2, 0) is 0 Å². The van der Waals surface area contributed by atoms with Gasteiger partial charge in [0, 0.05) is 23.5 Å². The molecule has 1 atom stereocenters. The molecule has 3 heterocycles. The first-order valence-corrected chi connectivity index (χ1v) is 10.0. The Bertz CT molecular complexity index is 1090. The Labute approximate surface area is 175 Å². The van der Waals surface area contributed by atoms with Crippen LogP contribution in [-0.4, -0.2) is 26.0 Å². The van der Waals surface area contributed by atoms with Gasteiger partial charge in [0.15, 0.2) is 12.1 Å². The highest BCUT2D eigenvalue weighted by atomic mass is 16.1. The van der Waals surface area contributed by atoms with Crippen molar-refractivity contribution in [1.82, 2.24) is 19.7 Å². The lowest BCUT2D eigenvalue weighted by Gasteiger charge is -2.19. The van der Waals surface area contributed by atoms with Crippen LogP contribution in [0.1, 0.15) is 41.9 Å². The van der Waals surface area contributed by atoms with Gasteiger partial charge in [-0.2, -0.15) is 5.10 Å². The predicted molar refractivity (Wildman–Crippen MR) is 118 cm³/mol. The minimum Gasteiger partial charge on any atom is -0.375 e. The minimum absolute atomic E-state index is 0.0535. The molecule has 0 amide bonds. The molecule has 0 radical (unpaired) electrons. The number of hydrogen-bond donors (Lipinski definition) is 1. The zero-order chi connectivity index (χ0) is 20.8. The number of aromatic nitrogens is 4. The zero-order valence-electron chi connectivity index (χ0n) is 16.8. The van der Waals surface area contributed by atoms with Gasteiger partial charge in [0.05, 0.1) is 29.8 Å². The number of nitrogens with zero attached hydrogens (tertiary/aromatic N) is 4. The standard InChI is InChI=1S/C24H23N5O/c1-2-6-23(22-11-9-18(17-30)13-25-22)28-21-10-12-24(26-15-21)29-16-20(14-27-29)19-7-4-3-5-8-19/h3-5,7-17,23,28H,2,6H2,1H3. The summed E-state index contributed by atoms with van der Waals surface area (Å²) in [7, 11) is 0. The number of aldehydes is 1. The average Bonchev–Trinajstić information content (AvgIpc) is 3.30. The second-order valence-electron chi connectivity index (χ2n) is 7.06. The molecule has 150 valence electrons. The molecule has 1 N–H and O–H groups in total. The number of pyridine rings is 2. The van der Waals surface area contributed by atoms with E-state index < -0.39 is 0 Å². The van der Waals surface area contributed by atoms with E-state index in [0.29, 0.717) is 5.56 Å². The summed E-state index contributed by atoms with van der Waals surface area (Å²) in [5, 5.41) is 7.94. The molecule has 30 heavy (non-hydrogen) atoms. The summed E-state index contributed by atoms with van der Waals surface area (Å²) < 4.78 is 1.77. The smallest absolute Gasteiger partial charge is 0.153 e. The zero-order valence-corrected chi connectivity index (χ0v) is 16.8. The largest absolute Gasteiger partial charge is 0.375 e. The molecule has 3 aromatic heterocycles. The second-order valence-corrected chi connectivity index (χ2v) is 7.06. The molecular weight excluding hydrogens is 374 g/mol. The second kappa shape index (κ2) is 9.13. The van der Waals surface area contributed by atoms with Gasteiger partial charge in [0.25, 0.3) is 0 Å². The molecule has 4 aromatic rings. The molecule has 4 rings (SSSR count). The Morgan fingerprint density at radius 3 is 2.50 bits per heavy atom. The van der Waals surface area contributed by atoms with Crippen molar-refractivity contribution >= 4 is 12.0 Å². The quantitative estimate of drug-likeness (QED) is 0.419. The van der Waals surface area contributed by atoms with Crippen LogP contribution < -0.4 is 5.32 Å². The van der Waals surface area contributed by atoms with Crippen molar-refractivity contribution < 1.29 is 4.79 Å². The highest BCUT2D eigenvalue weighted by molar-refractivity contribution is 5.73. The van der Waals surface area contributed by atoms with Crippen molar-refractivity contribution in [2.75, 3.05) is 5.32 Å². The summed E-state index contributed by atoms with van der Waals surface area (Å²) in [5.41, 5.74) is 4.57. The van der Waals surface area contributed by atoms with E-state index in [-0.39, 0.29) is 6.04 Å². The maximum atomic E-state index is 10.9. The van der Waals surface area contributed by atoms with E-state index in [2.05, 4.69) is 39.4 Å². The first-order valence-electron chi connectivity index (χ1n) is 10.0. The summed E-state index contributed by atoms with van der Waals surface area (Å²) in [4.78, 5) is 19.9. The van der Waals surface area contributed by atoms with E-state index in [1.54, 1.807) is 16.9 Å². The molecule has 0 aliphatic rings. The van der Waals surface area contributed by atoms with Gasteiger partial charge in [0.1, 0.15) is 0 Å². The summed E-state index contributed by atoms with van der Waals surface area (Å²) in [5.74, 6) is 0.753. The number of anilines is 1. The number of carbonyl (C=O) groups excluding carboxylic acids is 1. The number of benzene rings is 1. The van der Waals surface area contributed by atoms with Gasteiger partial charge in [-0.05, 0) is 36.2 Å². The van der Waals surface area contributed by atoms with Gasteiger partial charge >= 0.3 is 0 Å². The maximum Gasteiger partial charge on any atom is 0.153 e. The van der Waals surface area contributed by atoms with Crippen molar-refractivity contribution in [3.8, 4) is 16.9 Å². The Hall–Kier alpha value is -3.80. The van der Waals surface area contributed by atoms with Crippen LogP contribution in [0.4, 0.5) is 5.69 Å². The summed E-state index contributed by atoms with van der Waals surface area (Å²) in [6.45, 7) is 2.14. The highest BCUT2D eigenvalue weighted by Crippen LogP contribution is 2.23. The number of rotatable bonds is 8. The monoisotopic (exact) mass is 397 g/mol. The van der Waals surface area contributed by atoms with Gasteiger partial charge in [-0.3, -0.25) is 9.78 Å².